The quantitative estimate of drug-likeness (QED) is 0.329. The molecule has 0 spiro atoms. The van der Waals surface area contributed by atoms with Gasteiger partial charge in [0.1, 0.15) is 0 Å². The SMILES string of the molecule is CCn1c(SCC(=O)Nc2ccc(Br)cc2C)nnc1[C@H](C)NC(=O)c1ccc(Cl)cc1Cl. The Morgan fingerprint density at radius 3 is 2.61 bits per heavy atom. The summed E-state index contributed by atoms with van der Waals surface area (Å²) in [5.74, 6) is 0.279. The second-order valence-corrected chi connectivity index (χ2v) is 9.90. The van der Waals surface area contributed by atoms with Gasteiger partial charge in [-0.15, -0.1) is 10.2 Å². The van der Waals surface area contributed by atoms with E-state index >= 15 is 0 Å². The number of hydrogen-bond donors (Lipinski definition) is 2. The van der Waals surface area contributed by atoms with Crippen LogP contribution in [-0.2, 0) is 11.3 Å². The highest BCUT2D eigenvalue weighted by atomic mass is 79.9. The molecule has 11 heteroatoms. The van der Waals surface area contributed by atoms with Crippen LogP contribution in [0.15, 0.2) is 46.0 Å². The van der Waals surface area contributed by atoms with E-state index in [1.807, 2.05) is 43.5 Å². The number of thioether (sulfide) groups is 1. The Labute approximate surface area is 214 Å². The third kappa shape index (κ3) is 6.50. The first-order valence-electron chi connectivity index (χ1n) is 10.1. The maximum absolute atomic E-state index is 12.6. The van der Waals surface area contributed by atoms with Gasteiger partial charge in [0.05, 0.1) is 22.4 Å². The standard InChI is InChI=1S/C22H22BrCl2N5O2S/c1-4-30-20(13(3)26-21(32)16-7-6-15(24)10-17(16)25)28-29-22(30)33-11-19(31)27-18-8-5-14(23)9-12(18)2/h5-10,13H,4,11H2,1-3H3,(H,26,32)(H,27,31)/t13-/m0/s1. The van der Waals surface area contributed by atoms with Gasteiger partial charge in [0, 0.05) is 21.7 Å². The van der Waals surface area contributed by atoms with E-state index in [-0.39, 0.29) is 22.6 Å². The van der Waals surface area contributed by atoms with Crippen LogP contribution in [0.4, 0.5) is 5.69 Å². The average Bonchev–Trinajstić information content (AvgIpc) is 3.17. The van der Waals surface area contributed by atoms with Crippen molar-refractivity contribution in [3.63, 3.8) is 0 Å². The topological polar surface area (TPSA) is 88.9 Å². The van der Waals surface area contributed by atoms with Gasteiger partial charge in [0.25, 0.3) is 5.91 Å². The molecular weight excluding hydrogens is 549 g/mol. The molecule has 0 unspecified atom stereocenters. The Bertz CT molecular complexity index is 1190. The molecule has 1 heterocycles. The first kappa shape index (κ1) is 25.6. The fourth-order valence-corrected chi connectivity index (χ4v) is 4.90. The van der Waals surface area contributed by atoms with Crippen molar-refractivity contribution in [1.29, 1.82) is 0 Å². The number of aromatic nitrogens is 3. The van der Waals surface area contributed by atoms with Crippen molar-refractivity contribution in [2.75, 3.05) is 11.1 Å². The van der Waals surface area contributed by atoms with E-state index in [0.29, 0.717) is 28.1 Å². The molecule has 0 aliphatic heterocycles. The van der Waals surface area contributed by atoms with E-state index in [2.05, 4.69) is 36.8 Å². The molecule has 1 aromatic heterocycles. The van der Waals surface area contributed by atoms with Crippen LogP contribution in [0.5, 0.6) is 0 Å². The largest absolute Gasteiger partial charge is 0.342 e. The van der Waals surface area contributed by atoms with E-state index < -0.39 is 6.04 Å². The van der Waals surface area contributed by atoms with Gasteiger partial charge in [-0.25, -0.2) is 0 Å². The van der Waals surface area contributed by atoms with Gasteiger partial charge in [0.15, 0.2) is 11.0 Å². The molecule has 3 aromatic rings. The zero-order valence-electron chi connectivity index (χ0n) is 18.2. The molecule has 0 saturated heterocycles. The maximum atomic E-state index is 12.6. The smallest absolute Gasteiger partial charge is 0.253 e. The lowest BCUT2D eigenvalue weighted by molar-refractivity contribution is -0.113. The van der Waals surface area contributed by atoms with Gasteiger partial charge in [0.2, 0.25) is 5.91 Å². The molecule has 0 bridgehead atoms. The van der Waals surface area contributed by atoms with Crippen LogP contribution in [-0.4, -0.2) is 32.3 Å². The van der Waals surface area contributed by atoms with Gasteiger partial charge in [-0.3, -0.25) is 9.59 Å². The van der Waals surface area contributed by atoms with E-state index in [0.717, 1.165) is 15.7 Å². The lowest BCUT2D eigenvalue weighted by Gasteiger charge is -2.15. The lowest BCUT2D eigenvalue weighted by Crippen LogP contribution is -2.29. The third-order valence-corrected chi connectivity index (χ3v) is 6.78. The Kier molecular flexibility index (Phi) is 8.81. The van der Waals surface area contributed by atoms with E-state index in [9.17, 15) is 9.59 Å². The van der Waals surface area contributed by atoms with Crippen LogP contribution in [0.25, 0.3) is 0 Å². The average molecular weight is 571 g/mol. The highest BCUT2D eigenvalue weighted by Crippen LogP contribution is 2.24. The molecule has 0 aliphatic rings. The summed E-state index contributed by atoms with van der Waals surface area (Å²) in [5, 5.41) is 15.6. The van der Waals surface area contributed by atoms with Crippen molar-refractivity contribution in [2.45, 2.75) is 38.5 Å². The van der Waals surface area contributed by atoms with Gasteiger partial charge in [-0.05, 0) is 62.7 Å². The lowest BCUT2D eigenvalue weighted by atomic mass is 10.2. The summed E-state index contributed by atoms with van der Waals surface area (Å²) in [6.07, 6.45) is 0. The summed E-state index contributed by atoms with van der Waals surface area (Å²) in [7, 11) is 0. The molecule has 3 rings (SSSR count). The number of carbonyl (C=O) groups is 2. The number of anilines is 1. The first-order chi connectivity index (χ1) is 15.7. The number of nitrogens with one attached hydrogen (secondary N) is 2. The molecular formula is C22H22BrCl2N5O2S. The summed E-state index contributed by atoms with van der Waals surface area (Å²) in [5.41, 5.74) is 2.05. The summed E-state index contributed by atoms with van der Waals surface area (Å²) in [6, 6.07) is 9.95. The summed E-state index contributed by atoms with van der Waals surface area (Å²) in [4.78, 5) is 25.1. The number of rotatable bonds is 8. The Balaban J connectivity index is 1.65. The monoisotopic (exact) mass is 569 g/mol. The maximum Gasteiger partial charge on any atom is 0.253 e. The van der Waals surface area contributed by atoms with Crippen molar-refractivity contribution < 1.29 is 9.59 Å². The third-order valence-electron chi connectivity index (χ3n) is 4.77. The number of carbonyl (C=O) groups excluding carboxylic acids is 2. The molecule has 2 amide bonds. The summed E-state index contributed by atoms with van der Waals surface area (Å²) in [6.45, 7) is 6.28. The van der Waals surface area contributed by atoms with Crippen molar-refractivity contribution in [2.24, 2.45) is 0 Å². The molecule has 7 nitrogen and oxygen atoms in total. The fraction of sp³-hybridized carbons (Fsp3) is 0.273. The van der Waals surface area contributed by atoms with Crippen LogP contribution in [0, 0.1) is 6.92 Å². The van der Waals surface area contributed by atoms with Crippen LogP contribution in [0.2, 0.25) is 10.0 Å². The minimum absolute atomic E-state index is 0.142. The highest BCUT2D eigenvalue weighted by Gasteiger charge is 2.21. The van der Waals surface area contributed by atoms with E-state index in [1.165, 1.54) is 17.8 Å². The molecule has 1 atom stereocenters. The highest BCUT2D eigenvalue weighted by molar-refractivity contribution is 9.10. The fourth-order valence-electron chi connectivity index (χ4n) is 3.12. The number of aryl methyl sites for hydroxylation is 1. The van der Waals surface area contributed by atoms with Gasteiger partial charge >= 0.3 is 0 Å². The second-order valence-electron chi connectivity index (χ2n) is 7.20. The summed E-state index contributed by atoms with van der Waals surface area (Å²) < 4.78 is 2.83. The van der Waals surface area contributed by atoms with E-state index in [1.54, 1.807) is 12.1 Å². The van der Waals surface area contributed by atoms with Crippen LogP contribution in [0.1, 0.15) is 41.6 Å². The van der Waals surface area contributed by atoms with Gasteiger partial charge in [-0.2, -0.15) is 0 Å². The Morgan fingerprint density at radius 1 is 1.18 bits per heavy atom. The summed E-state index contributed by atoms with van der Waals surface area (Å²) >= 11 is 16.7. The molecule has 2 aromatic carbocycles. The van der Waals surface area contributed by atoms with E-state index in [4.69, 9.17) is 23.2 Å². The Morgan fingerprint density at radius 2 is 1.94 bits per heavy atom. The van der Waals surface area contributed by atoms with Crippen molar-refractivity contribution >= 4 is 68.4 Å². The second kappa shape index (κ2) is 11.4. The molecule has 174 valence electrons. The number of nitrogens with zero attached hydrogens (tertiary/aromatic N) is 3. The number of benzene rings is 2. The molecule has 0 aliphatic carbocycles. The minimum Gasteiger partial charge on any atom is -0.342 e. The van der Waals surface area contributed by atoms with Gasteiger partial charge in [-0.1, -0.05) is 50.9 Å². The first-order valence-corrected chi connectivity index (χ1v) is 12.6. The number of halogens is 3. The number of hydrogen-bond acceptors (Lipinski definition) is 5. The molecule has 0 radical (unpaired) electrons. The van der Waals surface area contributed by atoms with Crippen molar-refractivity contribution in [1.82, 2.24) is 20.1 Å². The van der Waals surface area contributed by atoms with Crippen molar-refractivity contribution in [3.05, 3.63) is 67.9 Å². The molecule has 0 saturated carbocycles. The molecule has 33 heavy (non-hydrogen) atoms. The zero-order chi connectivity index (χ0) is 24.1. The van der Waals surface area contributed by atoms with Crippen LogP contribution >= 0.6 is 50.9 Å². The predicted molar refractivity (Wildman–Crippen MR) is 136 cm³/mol. The molecule has 0 fully saturated rings. The normalized spacial score (nSPS) is 11.8. The molecule has 2 N–H and O–H groups in total. The minimum atomic E-state index is -0.426. The predicted octanol–water partition coefficient (Wildman–Crippen LogP) is 5.90. The zero-order valence-corrected chi connectivity index (χ0v) is 22.1. The van der Waals surface area contributed by atoms with Gasteiger partial charge < -0.3 is 15.2 Å². The van der Waals surface area contributed by atoms with Crippen LogP contribution in [0.3, 0.4) is 0 Å². The Hall–Kier alpha value is -2.07. The van der Waals surface area contributed by atoms with Crippen molar-refractivity contribution in [3.8, 4) is 0 Å². The number of amides is 2. The van der Waals surface area contributed by atoms with Crippen LogP contribution < -0.4 is 10.6 Å².